The van der Waals surface area contributed by atoms with Crippen molar-refractivity contribution < 1.29 is 4.79 Å². The first-order chi connectivity index (χ1) is 12.2. The summed E-state index contributed by atoms with van der Waals surface area (Å²) >= 11 is 3.12. The van der Waals surface area contributed by atoms with Crippen molar-refractivity contribution in [3.05, 3.63) is 65.0 Å². The van der Waals surface area contributed by atoms with E-state index < -0.39 is 0 Å². The molecule has 0 aliphatic rings. The van der Waals surface area contributed by atoms with Crippen molar-refractivity contribution in [1.29, 1.82) is 5.26 Å². The molecule has 0 radical (unpaired) electrons. The van der Waals surface area contributed by atoms with Gasteiger partial charge < -0.3 is 0 Å². The summed E-state index contributed by atoms with van der Waals surface area (Å²) in [4.78, 5) is 17.9. The molecule has 4 nitrogen and oxygen atoms in total. The number of nitrogens with one attached hydrogen (secondary N) is 1. The molecule has 0 spiro atoms. The number of anilines is 1. The van der Waals surface area contributed by atoms with Gasteiger partial charge in [-0.2, -0.15) is 5.26 Å². The molecular weight excluding hydrogens is 350 g/mol. The third-order valence-corrected chi connectivity index (χ3v) is 5.11. The van der Waals surface area contributed by atoms with Crippen LogP contribution < -0.4 is 5.32 Å². The molecule has 0 aliphatic heterocycles. The molecule has 0 fully saturated rings. The fourth-order valence-electron chi connectivity index (χ4n) is 2.22. The first-order valence-corrected chi connectivity index (χ1v) is 9.56. The number of hydrogen-bond donors (Lipinski definition) is 1. The van der Waals surface area contributed by atoms with Gasteiger partial charge in [0.05, 0.1) is 17.3 Å². The molecule has 3 rings (SSSR count). The van der Waals surface area contributed by atoms with Crippen LogP contribution in [0.2, 0.25) is 0 Å². The summed E-state index contributed by atoms with van der Waals surface area (Å²) in [5.74, 6) is 0.830. The number of nitriles is 1. The van der Waals surface area contributed by atoms with Crippen molar-refractivity contribution >= 4 is 34.1 Å². The van der Waals surface area contributed by atoms with E-state index in [0.29, 0.717) is 16.3 Å². The standard InChI is InChI=1S/C19H15N3OS2/c1-2-24-16-9-7-15(8-10-16)18(23)22-19-21-17(12-25-19)14-5-3-13(11-20)4-6-14/h3-10,12H,2H2,1H3,(H,21,22,23). The van der Waals surface area contributed by atoms with E-state index in [1.54, 1.807) is 23.9 Å². The smallest absolute Gasteiger partial charge is 0.257 e. The van der Waals surface area contributed by atoms with Gasteiger partial charge in [-0.15, -0.1) is 23.1 Å². The van der Waals surface area contributed by atoms with Gasteiger partial charge in [-0.1, -0.05) is 19.1 Å². The van der Waals surface area contributed by atoms with Crippen molar-refractivity contribution in [3.8, 4) is 17.3 Å². The third-order valence-electron chi connectivity index (χ3n) is 3.46. The van der Waals surface area contributed by atoms with Crippen molar-refractivity contribution in [2.45, 2.75) is 11.8 Å². The van der Waals surface area contributed by atoms with Crippen molar-refractivity contribution in [1.82, 2.24) is 4.98 Å². The summed E-state index contributed by atoms with van der Waals surface area (Å²) in [5.41, 5.74) is 2.91. The highest BCUT2D eigenvalue weighted by molar-refractivity contribution is 7.99. The summed E-state index contributed by atoms with van der Waals surface area (Å²) in [6.07, 6.45) is 0. The third kappa shape index (κ3) is 4.27. The maximum absolute atomic E-state index is 12.3. The molecule has 0 aliphatic carbocycles. The van der Waals surface area contributed by atoms with E-state index in [0.717, 1.165) is 21.9 Å². The van der Waals surface area contributed by atoms with Crippen LogP contribution in [0.4, 0.5) is 5.13 Å². The molecule has 1 amide bonds. The molecule has 1 aromatic heterocycles. The van der Waals surface area contributed by atoms with Crippen molar-refractivity contribution in [2.75, 3.05) is 11.1 Å². The zero-order valence-electron chi connectivity index (χ0n) is 13.5. The van der Waals surface area contributed by atoms with E-state index >= 15 is 0 Å². The summed E-state index contributed by atoms with van der Waals surface area (Å²) in [6, 6.07) is 16.8. The summed E-state index contributed by atoms with van der Waals surface area (Å²) < 4.78 is 0. The number of thioether (sulfide) groups is 1. The predicted octanol–water partition coefficient (Wildman–Crippen LogP) is 5.05. The number of rotatable bonds is 5. The minimum Gasteiger partial charge on any atom is -0.298 e. The molecule has 1 N–H and O–H groups in total. The van der Waals surface area contributed by atoms with E-state index in [1.165, 1.54) is 11.3 Å². The van der Waals surface area contributed by atoms with E-state index in [-0.39, 0.29) is 5.91 Å². The number of carbonyl (C=O) groups is 1. The Hall–Kier alpha value is -2.62. The number of carbonyl (C=O) groups excluding carboxylic acids is 1. The molecule has 1 heterocycles. The zero-order chi connectivity index (χ0) is 17.6. The van der Waals surface area contributed by atoms with E-state index in [1.807, 2.05) is 41.8 Å². The lowest BCUT2D eigenvalue weighted by atomic mass is 10.1. The molecular formula is C19H15N3OS2. The van der Waals surface area contributed by atoms with Gasteiger partial charge in [0, 0.05) is 21.4 Å². The average molecular weight is 365 g/mol. The molecule has 25 heavy (non-hydrogen) atoms. The number of nitrogens with zero attached hydrogens (tertiary/aromatic N) is 2. The number of benzene rings is 2. The first-order valence-electron chi connectivity index (χ1n) is 7.70. The zero-order valence-corrected chi connectivity index (χ0v) is 15.2. The summed E-state index contributed by atoms with van der Waals surface area (Å²) in [7, 11) is 0. The quantitative estimate of drug-likeness (QED) is 0.643. The van der Waals surface area contributed by atoms with Crippen LogP contribution in [0.15, 0.2) is 58.8 Å². The number of thiazole rings is 1. The summed E-state index contributed by atoms with van der Waals surface area (Å²) in [6.45, 7) is 2.10. The largest absolute Gasteiger partial charge is 0.298 e. The number of hydrogen-bond acceptors (Lipinski definition) is 5. The highest BCUT2D eigenvalue weighted by Gasteiger charge is 2.10. The SMILES string of the molecule is CCSc1ccc(C(=O)Nc2nc(-c3ccc(C#N)cc3)cs2)cc1. The van der Waals surface area contributed by atoms with Gasteiger partial charge in [0.15, 0.2) is 5.13 Å². The van der Waals surface area contributed by atoms with Crippen molar-refractivity contribution in [3.63, 3.8) is 0 Å². The topological polar surface area (TPSA) is 65.8 Å². The lowest BCUT2D eigenvalue weighted by molar-refractivity contribution is 0.102. The van der Waals surface area contributed by atoms with Gasteiger partial charge in [-0.05, 0) is 42.2 Å². The Balaban J connectivity index is 1.69. The second kappa shape index (κ2) is 7.97. The maximum atomic E-state index is 12.3. The number of aromatic nitrogens is 1. The van der Waals surface area contributed by atoms with Gasteiger partial charge >= 0.3 is 0 Å². The minimum atomic E-state index is -0.172. The van der Waals surface area contributed by atoms with Crippen LogP contribution in [0.3, 0.4) is 0 Å². The Morgan fingerprint density at radius 3 is 2.56 bits per heavy atom. The van der Waals surface area contributed by atoms with Crippen LogP contribution in [-0.2, 0) is 0 Å². The van der Waals surface area contributed by atoms with Gasteiger partial charge in [0.25, 0.3) is 5.91 Å². The lowest BCUT2D eigenvalue weighted by Crippen LogP contribution is -2.11. The molecule has 0 bridgehead atoms. The molecule has 0 atom stereocenters. The highest BCUT2D eigenvalue weighted by atomic mass is 32.2. The van der Waals surface area contributed by atoms with E-state index in [2.05, 4.69) is 23.3 Å². The van der Waals surface area contributed by atoms with Crippen LogP contribution in [0.5, 0.6) is 0 Å². The molecule has 2 aromatic carbocycles. The Kier molecular flexibility index (Phi) is 5.49. The maximum Gasteiger partial charge on any atom is 0.257 e. The molecule has 3 aromatic rings. The van der Waals surface area contributed by atoms with E-state index in [4.69, 9.17) is 5.26 Å². The molecule has 0 saturated heterocycles. The Labute approximate surface area is 154 Å². The van der Waals surface area contributed by atoms with Crippen LogP contribution in [-0.4, -0.2) is 16.6 Å². The van der Waals surface area contributed by atoms with E-state index in [9.17, 15) is 4.79 Å². The average Bonchev–Trinajstić information content (AvgIpc) is 3.11. The van der Waals surface area contributed by atoms with Gasteiger partial charge in [0.2, 0.25) is 0 Å². The molecule has 0 saturated carbocycles. The highest BCUT2D eigenvalue weighted by Crippen LogP contribution is 2.25. The Morgan fingerprint density at radius 1 is 1.20 bits per heavy atom. The molecule has 6 heteroatoms. The van der Waals surface area contributed by atoms with Gasteiger partial charge in [0.1, 0.15) is 0 Å². The van der Waals surface area contributed by atoms with Gasteiger partial charge in [-0.25, -0.2) is 4.98 Å². The first kappa shape index (κ1) is 17.2. The van der Waals surface area contributed by atoms with Crippen LogP contribution >= 0.6 is 23.1 Å². The molecule has 124 valence electrons. The molecule has 0 unspecified atom stereocenters. The fraction of sp³-hybridized carbons (Fsp3) is 0.105. The normalized spacial score (nSPS) is 10.2. The van der Waals surface area contributed by atoms with Crippen molar-refractivity contribution in [2.24, 2.45) is 0 Å². The predicted molar refractivity (Wildman–Crippen MR) is 103 cm³/mol. The Bertz CT molecular complexity index is 909. The minimum absolute atomic E-state index is 0.172. The van der Waals surface area contributed by atoms with Crippen LogP contribution in [0.25, 0.3) is 11.3 Å². The Morgan fingerprint density at radius 2 is 1.92 bits per heavy atom. The summed E-state index contributed by atoms with van der Waals surface area (Å²) in [5, 5.41) is 14.1. The lowest BCUT2D eigenvalue weighted by Gasteiger charge is -2.03. The van der Waals surface area contributed by atoms with Gasteiger partial charge in [-0.3, -0.25) is 10.1 Å². The second-order valence-electron chi connectivity index (χ2n) is 5.14. The monoisotopic (exact) mass is 365 g/mol. The van der Waals surface area contributed by atoms with Crippen LogP contribution in [0.1, 0.15) is 22.8 Å². The number of amides is 1. The second-order valence-corrected chi connectivity index (χ2v) is 7.33. The fourth-order valence-corrected chi connectivity index (χ4v) is 3.59. The van der Waals surface area contributed by atoms with Crippen LogP contribution in [0, 0.1) is 11.3 Å².